The van der Waals surface area contributed by atoms with Crippen LogP contribution in [0.5, 0.6) is 5.75 Å². The number of anilines is 1. The molecule has 2 heterocycles. The van der Waals surface area contributed by atoms with Crippen LogP contribution in [0.25, 0.3) is 0 Å². The molecule has 1 aliphatic heterocycles. The molecule has 172 valence electrons. The molecule has 8 nitrogen and oxygen atoms in total. The van der Waals surface area contributed by atoms with Crippen LogP contribution in [-0.4, -0.2) is 47.6 Å². The van der Waals surface area contributed by atoms with E-state index in [-0.39, 0.29) is 29.7 Å². The number of piperidine rings is 1. The van der Waals surface area contributed by atoms with Crippen LogP contribution < -0.4 is 15.0 Å². The van der Waals surface area contributed by atoms with Crippen molar-refractivity contribution in [2.75, 3.05) is 18.0 Å². The molecule has 33 heavy (non-hydrogen) atoms. The summed E-state index contributed by atoms with van der Waals surface area (Å²) in [5.74, 6) is 1.13. The zero-order valence-corrected chi connectivity index (χ0v) is 19.0. The number of hydrogen-bond donors (Lipinski definition) is 1. The van der Waals surface area contributed by atoms with E-state index in [4.69, 9.17) is 21.6 Å². The van der Waals surface area contributed by atoms with Crippen molar-refractivity contribution in [3.8, 4) is 11.8 Å². The summed E-state index contributed by atoms with van der Waals surface area (Å²) in [6.07, 6.45) is 6.10. The SMILES string of the molecule is N#Cc1ccc(O[C@H]2CC[C@H](NC(=O)c3ccc(N4CCCC(C=O)C4)nn3)CC2)cc1Cl. The maximum atomic E-state index is 12.6. The summed E-state index contributed by atoms with van der Waals surface area (Å²) in [7, 11) is 0. The first-order valence-electron chi connectivity index (χ1n) is 11.3. The topological polar surface area (TPSA) is 108 Å². The lowest BCUT2D eigenvalue weighted by Crippen LogP contribution is -2.40. The number of amides is 1. The van der Waals surface area contributed by atoms with Crippen molar-refractivity contribution in [3.63, 3.8) is 0 Å². The van der Waals surface area contributed by atoms with E-state index >= 15 is 0 Å². The van der Waals surface area contributed by atoms with Gasteiger partial charge in [-0.15, -0.1) is 10.2 Å². The first-order chi connectivity index (χ1) is 16.1. The number of benzene rings is 1. The van der Waals surface area contributed by atoms with Crippen LogP contribution in [-0.2, 0) is 4.79 Å². The first-order valence-corrected chi connectivity index (χ1v) is 11.6. The van der Waals surface area contributed by atoms with E-state index in [0.717, 1.165) is 51.4 Å². The van der Waals surface area contributed by atoms with Crippen LogP contribution in [0.15, 0.2) is 30.3 Å². The molecule has 2 aromatic rings. The van der Waals surface area contributed by atoms with Crippen LogP contribution in [0.4, 0.5) is 5.82 Å². The molecular weight excluding hydrogens is 442 g/mol. The lowest BCUT2D eigenvalue weighted by molar-refractivity contribution is -0.111. The van der Waals surface area contributed by atoms with Crippen LogP contribution in [0.2, 0.25) is 5.02 Å². The van der Waals surface area contributed by atoms with Gasteiger partial charge in [0.15, 0.2) is 11.5 Å². The normalized spacial score (nSPS) is 22.8. The van der Waals surface area contributed by atoms with Crippen molar-refractivity contribution >= 4 is 29.6 Å². The van der Waals surface area contributed by atoms with Crippen molar-refractivity contribution in [3.05, 3.63) is 46.6 Å². The van der Waals surface area contributed by atoms with Gasteiger partial charge in [0.05, 0.1) is 16.7 Å². The molecule has 0 spiro atoms. The molecule has 1 aromatic carbocycles. The fourth-order valence-electron chi connectivity index (χ4n) is 4.38. The number of halogens is 1. The minimum Gasteiger partial charge on any atom is -0.490 e. The highest BCUT2D eigenvalue weighted by Gasteiger charge is 2.25. The third kappa shape index (κ3) is 5.79. The van der Waals surface area contributed by atoms with Gasteiger partial charge in [-0.2, -0.15) is 5.26 Å². The van der Waals surface area contributed by atoms with Crippen LogP contribution in [0, 0.1) is 17.2 Å². The molecule has 9 heteroatoms. The summed E-state index contributed by atoms with van der Waals surface area (Å²) in [5, 5.41) is 20.7. The van der Waals surface area contributed by atoms with Gasteiger partial charge in [0, 0.05) is 31.1 Å². The van der Waals surface area contributed by atoms with Crippen molar-refractivity contribution in [2.45, 2.75) is 50.7 Å². The smallest absolute Gasteiger partial charge is 0.272 e. The van der Waals surface area contributed by atoms with E-state index in [2.05, 4.69) is 15.5 Å². The van der Waals surface area contributed by atoms with E-state index in [1.807, 2.05) is 11.0 Å². The highest BCUT2D eigenvalue weighted by atomic mass is 35.5. The molecule has 0 bridgehead atoms. The standard InChI is InChI=1S/C24H26ClN5O3/c25-21-12-20(6-3-17(21)13-26)33-19-7-4-18(5-8-19)27-24(32)22-9-10-23(29-28-22)30-11-1-2-16(14-30)15-31/h3,6,9-10,12,15-16,18-19H,1-2,4-5,7-8,11,14H2,(H,27,32)/t16?,18-,19-. The van der Waals surface area contributed by atoms with Crippen molar-refractivity contribution in [1.82, 2.24) is 15.5 Å². The number of hydrogen-bond acceptors (Lipinski definition) is 7. The lowest BCUT2D eigenvalue weighted by Gasteiger charge is -2.31. The van der Waals surface area contributed by atoms with Gasteiger partial charge in [-0.1, -0.05) is 11.6 Å². The Hall–Kier alpha value is -3.18. The second-order valence-electron chi connectivity index (χ2n) is 8.58. The number of aromatic nitrogens is 2. The van der Waals surface area contributed by atoms with E-state index in [1.165, 1.54) is 0 Å². The fourth-order valence-corrected chi connectivity index (χ4v) is 4.59. The Morgan fingerprint density at radius 1 is 1.18 bits per heavy atom. The minimum atomic E-state index is -0.235. The molecule has 0 radical (unpaired) electrons. The Balaban J connectivity index is 1.25. The van der Waals surface area contributed by atoms with Crippen LogP contribution in [0.1, 0.15) is 54.6 Å². The first kappa shape index (κ1) is 23.0. The van der Waals surface area contributed by atoms with Crippen LogP contribution in [0.3, 0.4) is 0 Å². The van der Waals surface area contributed by atoms with Crippen molar-refractivity contribution in [2.24, 2.45) is 5.92 Å². The van der Waals surface area contributed by atoms with Crippen molar-refractivity contribution < 1.29 is 14.3 Å². The molecule has 1 N–H and O–H groups in total. The average Bonchev–Trinajstić information content (AvgIpc) is 2.85. The lowest BCUT2D eigenvalue weighted by atomic mass is 9.93. The number of nitriles is 1. The third-order valence-corrected chi connectivity index (χ3v) is 6.54. The third-order valence-electron chi connectivity index (χ3n) is 6.23. The summed E-state index contributed by atoms with van der Waals surface area (Å²) in [4.78, 5) is 25.7. The predicted octanol–water partition coefficient (Wildman–Crippen LogP) is 3.54. The van der Waals surface area contributed by atoms with Crippen LogP contribution >= 0.6 is 11.6 Å². The second-order valence-corrected chi connectivity index (χ2v) is 8.99. The van der Waals surface area contributed by atoms with Gasteiger partial charge in [-0.25, -0.2) is 0 Å². The fraction of sp³-hybridized carbons (Fsp3) is 0.458. The Morgan fingerprint density at radius 2 is 2.00 bits per heavy atom. The Morgan fingerprint density at radius 3 is 2.67 bits per heavy atom. The molecule has 1 aliphatic carbocycles. The van der Waals surface area contributed by atoms with Gasteiger partial charge in [0.25, 0.3) is 5.91 Å². The highest BCUT2D eigenvalue weighted by molar-refractivity contribution is 6.31. The predicted molar refractivity (Wildman–Crippen MR) is 123 cm³/mol. The van der Waals surface area contributed by atoms with Gasteiger partial charge in [-0.05, 0) is 62.8 Å². The van der Waals surface area contributed by atoms with E-state index in [0.29, 0.717) is 28.7 Å². The largest absolute Gasteiger partial charge is 0.490 e. The second kappa shape index (κ2) is 10.6. The molecular formula is C24H26ClN5O3. The molecule has 1 aromatic heterocycles. The Kier molecular flexibility index (Phi) is 7.40. The summed E-state index contributed by atoms with van der Waals surface area (Å²) in [5.41, 5.74) is 0.709. The number of nitrogens with one attached hydrogen (secondary N) is 1. The molecule has 1 saturated carbocycles. The monoisotopic (exact) mass is 467 g/mol. The van der Waals surface area contributed by atoms with Gasteiger partial charge >= 0.3 is 0 Å². The number of carbonyl (C=O) groups is 2. The van der Waals surface area contributed by atoms with E-state index in [1.54, 1.807) is 30.3 Å². The summed E-state index contributed by atoms with van der Waals surface area (Å²) < 4.78 is 6.00. The summed E-state index contributed by atoms with van der Waals surface area (Å²) in [6, 6.07) is 10.6. The number of carbonyl (C=O) groups excluding carboxylic acids is 2. The number of aldehydes is 1. The Bertz CT molecular complexity index is 1030. The summed E-state index contributed by atoms with van der Waals surface area (Å²) in [6.45, 7) is 1.48. The number of nitrogens with zero attached hydrogens (tertiary/aromatic N) is 4. The number of ether oxygens (including phenoxy) is 1. The van der Waals surface area contributed by atoms with Gasteiger partial charge in [0.1, 0.15) is 18.1 Å². The quantitative estimate of drug-likeness (QED) is 0.647. The molecule has 1 unspecified atom stereocenters. The molecule has 1 amide bonds. The average molecular weight is 468 g/mol. The number of rotatable bonds is 6. The molecule has 1 saturated heterocycles. The maximum Gasteiger partial charge on any atom is 0.272 e. The van der Waals surface area contributed by atoms with Gasteiger partial charge < -0.3 is 19.7 Å². The van der Waals surface area contributed by atoms with Crippen molar-refractivity contribution in [1.29, 1.82) is 5.26 Å². The van der Waals surface area contributed by atoms with E-state index in [9.17, 15) is 9.59 Å². The molecule has 1 atom stereocenters. The maximum absolute atomic E-state index is 12.6. The minimum absolute atomic E-state index is 0.0246. The molecule has 4 rings (SSSR count). The highest BCUT2D eigenvalue weighted by Crippen LogP contribution is 2.27. The zero-order chi connectivity index (χ0) is 23.2. The Labute approximate surface area is 197 Å². The molecule has 2 aliphatic rings. The van der Waals surface area contributed by atoms with Gasteiger partial charge in [-0.3, -0.25) is 4.79 Å². The molecule has 2 fully saturated rings. The van der Waals surface area contributed by atoms with E-state index < -0.39 is 0 Å². The van der Waals surface area contributed by atoms with Gasteiger partial charge in [0.2, 0.25) is 0 Å². The summed E-state index contributed by atoms with van der Waals surface area (Å²) >= 11 is 6.08. The zero-order valence-electron chi connectivity index (χ0n) is 18.2.